The first-order chi connectivity index (χ1) is 8.69. The van der Waals surface area contributed by atoms with Crippen molar-refractivity contribution in [3.05, 3.63) is 22.7 Å². The Labute approximate surface area is 113 Å². The highest BCUT2D eigenvalue weighted by molar-refractivity contribution is 9.10. The van der Waals surface area contributed by atoms with E-state index in [1.54, 1.807) is 0 Å². The van der Waals surface area contributed by atoms with Gasteiger partial charge in [-0.25, -0.2) is 4.68 Å². The van der Waals surface area contributed by atoms with Gasteiger partial charge in [-0.15, -0.1) is 5.10 Å². The molecule has 2 atom stereocenters. The number of benzene rings is 1. The van der Waals surface area contributed by atoms with Gasteiger partial charge in [0.05, 0.1) is 6.04 Å². The van der Waals surface area contributed by atoms with E-state index in [1.165, 1.54) is 6.42 Å². The van der Waals surface area contributed by atoms with Gasteiger partial charge in [0.2, 0.25) is 0 Å². The van der Waals surface area contributed by atoms with Gasteiger partial charge in [-0.3, -0.25) is 0 Å². The van der Waals surface area contributed by atoms with Gasteiger partial charge in [0, 0.05) is 15.7 Å². The number of anilines is 1. The molecular weight excluding hydrogens is 294 g/mol. The summed E-state index contributed by atoms with van der Waals surface area (Å²) in [5.41, 5.74) is 7.51. The minimum absolute atomic E-state index is 0.445. The second-order valence-corrected chi connectivity index (χ2v) is 5.61. The maximum atomic E-state index is 5.85. The number of hydrogen-bond acceptors (Lipinski definition) is 4. The van der Waals surface area contributed by atoms with Crippen LogP contribution in [-0.4, -0.2) is 20.2 Å². The first kappa shape index (κ1) is 11.6. The Bertz CT molecular complexity index is 559. The monoisotopic (exact) mass is 307 g/mol. The van der Waals surface area contributed by atoms with Crippen molar-refractivity contribution < 1.29 is 0 Å². The lowest BCUT2D eigenvalue weighted by Crippen LogP contribution is -2.02. The van der Waals surface area contributed by atoms with Crippen LogP contribution in [0.5, 0.6) is 0 Å². The van der Waals surface area contributed by atoms with Crippen LogP contribution < -0.4 is 5.73 Å². The van der Waals surface area contributed by atoms with Gasteiger partial charge >= 0.3 is 0 Å². The maximum absolute atomic E-state index is 5.85. The van der Waals surface area contributed by atoms with Crippen LogP contribution in [0.3, 0.4) is 0 Å². The summed E-state index contributed by atoms with van der Waals surface area (Å²) in [7, 11) is 0. The molecule has 0 bridgehead atoms. The number of rotatable bonds is 3. The van der Waals surface area contributed by atoms with Crippen molar-refractivity contribution in [1.82, 2.24) is 20.2 Å². The number of hydrogen-bond donors (Lipinski definition) is 1. The Morgan fingerprint density at radius 2 is 2.28 bits per heavy atom. The Kier molecular flexibility index (Phi) is 2.81. The Morgan fingerprint density at radius 1 is 1.44 bits per heavy atom. The third kappa shape index (κ3) is 2.01. The number of nitrogen functional groups attached to an aromatic ring is 1. The first-order valence-corrected chi connectivity index (χ1v) is 6.82. The largest absolute Gasteiger partial charge is 0.399 e. The zero-order valence-corrected chi connectivity index (χ0v) is 11.6. The summed E-state index contributed by atoms with van der Waals surface area (Å²) in [5, 5.41) is 12.0. The molecule has 1 aliphatic carbocycles. The van der Waals surface area contributed by atoms with Gasteiger partial charge in [0.1, 0.15) is 0 Å². The van der Waals surface area contributed by atoms with Crippen molar-refractivity contribution in [3.63, 3.8) is 0 Å². The van der Waals surface area contributed by atoms with Crippen molar-refractivity contribution in [3.8, 4) is 11.4 Å². The van der Waals surface area contributed by atoms with Crippen molar-refractivity contribution in [1.29, 1.82) is 0 Å². The summed E-state index contributed by atoms with van der Waals surface area (Å²) in [4.78, 5) is 0. The van der Waals surface area contributed by atoms with Gasteiger partial charge < -0.3 is 5.73 Å². The van der Waals surface area contributed by atoms with Crippen LogP contribution in [0.1, 0.15) is 25.8 Å². The molecule has 1 aliphatic rings. The molecule has 2 aromatic rings. The fourth-order valence-electron chi connectivity index (χ4n) is 2.32. The third-order valence-electron chi connectivity index (χ3n) is 3.39. The SMILES string of the molecule is CCC1CC1n1nnnc1-c1cc(N)cc(Br)c1. The van der Waals surface area contributed by atoms with Crippen LogP contribution in [0.15, 0.2) is 22.7 Å². The van der Waals surface area contributed by atoms with Gasteiger partial charge in [-0.05, 0) is 41.0 Å². The zero-order chi connectivity index (χ0) is 12.7. The molecule has 0 spiro atoms. The molecule has 1 aromatic heterocycles. The molecule has 0 aliphatic heterocycles. The van der Waals surface area contributed by atoms with Gasteiger partial charge in [0.25, 0.3) is 0 Å². The smallest absolute Gasteiger partial charge is 0.182 e. The summed E-state index contributed by atoms with van der Waals surface area (Å²) in [6.45, 7) is 2.20. The predicted molar refractivity (Wildman–Crippen MR) is 72.8 cm³/mol. The molecule has 1 fully saturated rings. The molecule has 3 rings (SSSR count). The minimum atomic E-state index is 0.445. The van der Waals surface area contributed by atoms with E-state index in [4.69, 9.17) is 5.73 Å². The van der Waals surface area contributed by atoms with E-state index in [2.05, 4.69) is 38.4 Å². The molecule has 6 heteroatoms. The van der Waals surface area contributed by atoms with E-state index in [0.29, 0.717) is 17.6 Å². The van der Waals surface area contributed by atoms with Crippen LogP contribution >= 0.6 is 15.9 Å². The van der Waals surface area contributed by atoms with Crippen LogP contribution in [0.25, 0.3) is 11.4 Å². The molecule has 2 N–H and O–H groups in total. The maximum Gasteiger partial charge on any atom is 0.182 e. The lowest BCUT2D eigenvalue weighted by atomic mass is 10.2. The van der Waals surface area contributed by atoms with Gasteiger partial charge in [-0.1, -0.05) is 29.3 Å². The van der Waals surface area contributed by atoms with Crippen molar-refractivity contribution >= 4 is 21.6 Å². The fourth-order valence-corrected chi connectivity index (χ4v) is 2.83. The quantitative estimate of drug-likeness (QED) is 0.885. The lowest BCUT2D eigenvalue weighted by molar-refractivity contribution is 0.563. The predicted octanol–water partition coefficient (Wildman–Crippen LogP) is 2.66. The van der Waals surface area contributed by atoms with Crippen LogP contribution in [0, 0.1) is 5.92 Å². The Balaban J connectivity index is 2.00. The lowest BCUT2D eigenvalue weighted by Gasteiger charge is -2.05. The van der Waals surface area contributed by atoms with E-state index in [-0.39, 0.29) is 0 Å². The van der Waals surface area contributed by atoms with Crippen molar-refractivity contribution in [2.45, 2.75) is 25.8 Å². The molecule has 1 aromatic carbocycles. The standard InChI is InChI=1S/C12H14BrN5/c1-2-7-5-11(7)18-12(15-16-17-18)8-3-9(13)6-10(14)4-8/h3-4,6-7,11H,2,5,14H2,1H3. The molecule has 1 saturated carbocycles. The average Bonchev–Trinajstić information content (AvgIpc) is 2.95. The topological polar surface area (TPSA) is 69.6 Å². The van der Waals surface area contributed by atoms with E-state index in [9.17, 15) is 0 Å². The molecule has 94 valence electrons. The normalized spacial score (nSPS) is 22.1. The minimum Gasteiger partial charge on any atom is -0.399 e. The summed E-state index contributed by atoms with van der Waals surface area (Å²) in [6.07, 6.45) is 2.34. The zero-order valence-electron chi connectivity index (χ0n) is 10.0. The summed E-state index contributed by atoms with van der Waals surface area (Å²) >= 11 is 3.44. The van der Waals surface area contributed by atoms with Crippen molar-refractivity contribution in [2.75, 3.05) is 5.73 Å². The van der Waals surface area contributed by atoms with Crippen LogP contribution in [0.2, 0.25) is 0 Å². The van der Waals surface area contributed by atoms with Crippen LogP contribution in [0.4, 0.5) is 5.69 Å². The fraction of sp³-hybridized carbons (Fsp3) is 0.417. The molecule has 5 nitrogen and oxygen atoms in total. The Hall–Kier alpha value is -1.43. The highest BCUT2D eigenvalue weighted by atomic mass is 79.9. The summed E-state index contributed by atoms with van der Waals surface area (Å²) in [5.74, 6) is 1.50. The number of aromatic nitrogens is 4. The van der Waals surface area contributed by atoms with Gasteiger partial charge in [0.15, 0.2) is 5.82 Å². The van der Waals surface area contributed by atoms with Crippen LogP contribution in [-0.2, 0) is 0 Å². The average molecular weight is 308 g/mol. The Morgan fingerprint density at radius 3 is 2.94 bits per heavy atom. The molecule has 1 heterocycles. The molecular formula is C12H14BrN5. The summed E-state index contributed by atoms with van der Waals surface area (Å²) < 4.78 is 2.87. The highest BCUT2D eigenvalue weighted by Gasteiger charge is 2.39. The first-order valence-electron chi connectivity index (χ1n) is 6.03. The van der Waals surface area contributed by atoms with E-state index < -0.39 is 0 Å². The third-order valence-corrected chi connectivity index (χ3v) is 3.85. The second kappa shape index (κ2) is 4.35. The summed E-state index contributed by atoms with van der Waals surface area (Å²) in [6, 6.07) is 6.20. The molecule has 2 unspecified atom stereocenters. The molecule has 0 radical (unpaired) electrons. The number of halogens is 1. The molecule has 18 heavy (non-hydrogen) atoms. The van der Waals surface area contributed by atoms with Gasteiger partial charge in [-0.2, -0.15) is 0 Å². The molecule has 0 saturated heterocycles. The number of nitrogens with two attached hydrogens (primary N) is 1. The number of tetrazole rings is 1. The van der Waals surface area contributed by atoms with E-state index in [0.717, 1.165) is 22.3 Å². The van der Waals surface area contributed by atoms with E-state index in [1.807, 2.05) is 22.9 Å². The second-order valence-electron chi connectivity index (χ2n) is 4.69. The highest BCUT2D eigenvalue weighted by Crippen LogP contribution is 2.46. The number of nitrogens with zero attached hydrogens (tertiary/aromatic N) is 4. The molecule has 0 amide bonds. The van der Waals surface area contributed by atoms with Crippen molar-refractivity contribution in [2.24, 2.45) is 5.92 Å². The van der Waals surface area contributed by atoms with E-state index >= 15 is 0 Å².